The fourth-order valence-corrected chi connectivity index (χ4v) is 7.14. The van der Waals surface area contributed by atoms with E-state index in [1.165, 1.54) is 16.7 Å². The van der Waals surface area contributed by atoms with E-state index in [4.69, 9.17) is 4.74 Å². The Labute approximate surface area is 318 Å². The zero-order chi connectivity index (χ0) is 40.0. The van der Waals surface area contributed by atoms with E-state index in [1.54, 1.807) is 72.2 Å². The maximum atomic E-state index is 13.9. The van der Waals surface area contributed by atoms with E-state index in [0.717, 1.165) is 12.1 Å². The van der Waals surface area contributed by atoms with Gasteiger partial charge in [-0.25, -0.2) is 0 Å². The quantitative estimate of drug-likeness (QED) is 0.148. The summed E-state index contributed by atoms with van der Waals surface area (Å²) in [5, 5.41) is 27.1. The number of fused-ring (bicyclic) bond motifs is 1. The second-order valence-electron chi connectivity index (χ2n) is 14.1. The Hall–Kier alpha value is -4.97. The van der Waals surface area contributed by atoms with Crippen LogP contribution < -0.4 is 15.4 Å². The van der Waals surface area contributed by atoms with Crippen molar-refractivity contribution in [3.05, 3.63) is 114 Å². The van der Waals surface area contributed by atoms with Crippen LogP contribution in [-0.4, -0.2) is 105 Å². The number of ether oxygens (including phenoxy) is 1. The molecule has 2 aliphatic heterocycles. The summed E-state index contributed by atoms with van der Waals surface area (Å²) >= 11 is 0. The summed E-state index contributed by atoms with van der Waals surface area (Å²) < 4.78 is 86.5. The zero-order valence-electron chi connectivity index (χ0n) is 30.1. The fraction of sp³-hybridized carbons (Fsp3) is 0.410. The summed E-state index contributed by atoms with van der Waals surface area (Å²) in [7, 11) is 0. The third-order valence-corrected chi connectivity index (χ3v) is 9.90. The summed E-state index contributed by atoms with van der Waals surface area (Å²) in [5.74, 6) is -1.64. The van der Waals surface area contributed by atoms with E-state index in [0.29, 0.717) is 34.7 Å². The Balaban J connectivity index is 1.15. The van der Waals surface area contributed by atoms with E-state index >= 15 is 0 Å². The van der Waals surface area contributed by atoms with Crippen LogP contribution in [0.25, 0.3) is 5.69 Å². The summed E-state index contributed by atoms with van der Waals surface area (Å²) in [5.41, 5.74) is 1.50. The molecule has 0 unspecified atom stereocenters. The highest BCUT2D eigenvalue weighted by Gasteiger charge is 2.38. The van der Waals surface area contributed by atoms with Crippen molar-refractivity contribution < 1.29 is 50.9 Å². The number of amides is 2. The molecule has 1 saturated heterocycles. The number of hydrogen-bond acceptors (Lipinski definition) is 8. The molecule has 4 N–H and O–H groups in total. The number of halogens is 6. The molecule has 6 rings (SSSR count). The number of para-hydroxylation sites is 1. The molecule has 4 aromatic rings. The molecule has 0 spiro atoms. The lowest BCUT2D eigenvalue weighted by Crippen LogP contribution is -2.60. The van der Waals surface area contributed by atoms with Gasteiger partial charge in [0.15, 0.2) is 0 Å². The molecule has 11 nitrogen and oxygen atoms in total. The van der Waals surface area contributed by atoms with E-state index in [9.17, 15) is 46.1 Å². The first kappa shape index (κ1) is 40.7. The van der Waals surface area contributed by atoms with Crippen LogP contribution in [0.4, 0.5) is 26.3 Å². The normalized spacial score (nSPS) is 20.4. The van der Waals surface area contributed by atoms with Crippen molar-refractivity contribution >= 4 is 11.8 Å². The van der Waals surface area contributed by atoms with Gasteiger partial charge in [0.2, 0.25) is 11.8 Å². The molecule has 2 aliphatic rings. The molecule has 0 saturated carbocycles. The Morgan fingerprint density at radius 1 is 0.982 bits per heavy atom. The van der Waals surface area contributed by atoms with Gasteiger partial charge in [-0.1, -0.05) is 30.3 Å². The predicted octanol–water partition coefficient (Wildman–Crippen LogP) is 4.28. The van der Waals surface area contributed by atoms with Crippen molar-refractivity contribution in [3.63, 3.8) is 0 Å². The summed E-state index contributed by atoms with van der Waals surface area (Å²) in [6.45, 7) is -0.948. The smallest absolute Gasteiger partial charge is 0.416 e. The number of aliphatic hydroxyl groups excluding tert-OH is 2. The zero-order valence-corrected chi connectivity index (χ0v) is 30.1. The number of rotatable bonds is 13. The largest absolute Gasteiger partial charge is 0.490 e. The molecule has 2 amide bonds. The Morgan fingerprint density at radius 2 is 1.79 bits per heavy atom. The Bertz CT molecular complexity index is 1940. The first-order valence-electron chi connectivity index (χ1n) is 18.1. The molecule has 2 aromatic heterocycles. The van der Waals surface area contributed by atoms with Crippen LogP contribution in [0.15, 0.2) is 91.5 Å². The summed E-state index contributed by atoms with van der Waals surface area (Å²) in [6, 6.07) is 15.1. The molecule has 300 valence electrons. The van der Waals surface area contributed by atoms with E-state index in [2.05, 4.69) is 10.3 Å². The first-order chi connectivity index (χ1) is 26.6. The predicted molar refractivity (Wildman–Crippen MR) is 191 cm³/mol. The maximum Gasteiger partial charge on any atom is 0.416 e. The topological polar surface area (TPSA) is 132 Å². The molecule has 2 aromatic carbocycles. The van der Waals surface area contributed by atoms with Crippen LogP contribution in [0, 0.1) is 5.92 Å². The van der Waals surface area contributed by atoms with Crippen LogP contribution in [0.5, 0.6) is 5.75 Å². The minimum Gasteiger partial charge on any atom is -0.490 e. The average molecular weight is 789 g/mol. The minimum absolute atomic E-state index is 0.00814. The number of hydrogen-bond donors (Lipinski definition) is 4. The van der Waals surface area contributed by atoms with Crippen LogP contribution in [0.3, 0.4) is 0 Å². The fourth-order valence-electron chi connectivity index (χ4n) is 7.14. The molecular formula is C39H42F6N6O5. The van der Waals surface area contributed by atoms with Gasteiger partial charge in [0, 0.05) is 74.7 Å². The lowest BCUT2D eigenvalue weighted by Gasteiger charge is -2.41. The van der Waals surface area contributed by atoms with Gasteiger partial charge in [0.05, 0.1) is 17.7 Å². The molecule has 56 heavy (non-hydrogen) atoms. The highest BCUT2D eigenvalue weighted by Crippen LogP contribution is 2.33. The van der Waals surface area contributed by atoms with Crippen LogP contribution in [0.2, 0.25) is 0 Å². The highest BCUT2D eigenvalue weighted by atomic mass is 19.4. The molecule has 17 heteroatoms. The van der Waals surface area contributed by atoms with Crippen molar-refractivity contribution in [3.8, 4) is 11.4 Å². The number of nitrogens with one attached hydrogen (secondary N) is 2. The Kier molecular flexibility index (Phi) is 12.7. The van der Waals surface area contributed by atoms with Crippen molar-refractivity contribution in [2.45, 2.75) is 56.0 Å². The number of piperazine rings is 1. The van der Waals surface area contributed by atoms with Gasteiger partial charge in [-0.3, -0.25) is 24.4 Å². The van der Waals surface area contributed by atoms with Gasteiger partial charge < -0.3 is 30.2 Å². The number of aromatic nitrogens is 2. The third-order valence-electron chi connectivity index (χ3n) is 9.90. The Morgan fingerprint density at radius 3 is 2.54 bits per heavy atom. The number of pyridine rings is 1. The van der Waals surface area contributed by atoms with Gasteiger partial charge in [0.1, 0.15) is 31.0 Å². The van der Waals surface area contributed by atoms with Gasteiger partial charge in [0.25, 0.3) is 0 Å². The van der Waals surface area contributed by atoms with Crippen LogP contribution >= 0.6 is 0 Å². The van der Waals surface area contributed by atoms with Gasteiger partial charge >= 0.3 is 12.4 Å². The van der Waals surface area contributed by atoms with Crippen molar-refractivity contribution in [2.75, 3.05) is 39.3 Å². The number of alkyl halides is 6. The van der Waals surface area contributed by atoms with Crippen molar-refractivity contribution in [2.24, 2.45) is 5.92 Å². The van der Waals surface area contributed by atoms with Crippen molar-refractivity contribution in [1.29, 1.82) is 0 Å². The SMILES string of the molecule is O=C(N[C@H]1c2ccccc2OC[C@H]1O)[C@H](Cc1cccnc1)C[C@H](O)CN1CCN(Cc2ccn(-c3cccc(C(F)(F)F)c3)c2)C[C@H]1C(=O)NCC(F)(F)F. The highest BCUT2D eigenvalue weighted by molar-refractivity contribution is 5.82. The van der Waals surface area contributed by atoms with E-state index in [1.807, 2.05) is 10.2 Å². The average Bonchev–Trinajstić information content (AvgIpc) is 3.63. The molecule has 0 bridgehead atoms. The monoisotopic (exact) mass is 788 g/mol. The second-order valence-corrected chi connectivity index (χ2v) is 14.1. The molecule has 4 heterocycles. The number of carbonyl (C=O) groups is 2. The summed E-state index contributed by atoms with van der Waals surface area (Å²) in [4.78, 5) is 34.8. The molecule has 1 fully saturated rings. The lowest BCUT2D eigenvalue weighted by molar-refractivity contribution is -0.143. The molecule has 0 radical (unpaired) electrons. The maximum absolute atomic E-state index is 13.9. The number of benzene rings is 2. The van der Waals surface area contributed by atoms with Gasteiger partial charge in [-0.05, 0) is 60.4 Å². The van der Waals surface area contributed by atoms with Gasteiger partial charge in [-0.2, -0.15) is 26.3 Å². The number of β-amino-alcohol motifs (C(OH)–C–C–N with tert-alkyl or cyclic N) is 1. The van der Waals surface area contributed by atoms with Crippen LogP contribution in [0.1, 0.15) is 34.7 Å². The lowest BCUT2D eigenvalue weighted by atomic mass is 9.91. The molecule has 0 aliphatic carbocycles. The van der Waals surface area contributed by atoms with Crippen LogP contribution in [-0.2, 0) is 28.7 Å². The van der Waals surface area contributed by atoms with Gasteiger partial charge in [-0.15, -0.1) is 0 Å². The molecular weight excluding hydrogens is 746 g/mol. The summed E-state index contributed by atoms with van der Waals surface area (Å²) in [6.07, 6.45) is -4.88. The third kappa shape index (κ3) is 10.7. The van der Waals surface area contributed by atoms with E-state index < -0.39 is 66.5 Å². The minimum atomic E-state index is -4.66. The number of nitrogens with zero attached hydrogens (tertiary/aromatic N) is 4. The standard InChI is InChI=1S/C39H42F6N6O5/c40-38(41,42)24-47-37(55)32-22-49(19-26-10-12-50(20-26)29-7-3-6-28(17-29)39(43,44)45)13-14-51(32)21-30(52)16-27(15-25-5-4-11-46-18-25)36(54)48-35-31-8-1-2-9-34(31)56-23-33(35)53/h1-12,17-18,20,27,30,32-33,35,52-53H,13-16,19,21-24H2,(H,47,55)(H,48,54)/t27-,30+,32+,33-,35+/m1/s1. The molecule has 5 atom stereocenters. The van der Waals surface area contributed by atoms with Crippen molar-refractivity contribution in [1.82, 2.24) is 30.0 Å². The van der Waals surface area contributed by atoms with E-state index in [-0.39, 0.29) is 45.6 Å². The number of carbonyl (C=O) groups excluding carboxylic acids is 2. The first-order valence-corrected chi connectivity index (χ1v) is 18.1. The number of aliphatic hydroxyl groups is 2. The second kappa shape index (κ2) is 17.4.